The molecule has 10 heteroatoms. The highest BCUT2D eigenvalue weighted by atomic mass is 19.1. The maximum absolute atomic E-state index is 13.2. The summed E-state index contributed by atoms with van der Waals surface area (Å²) in [5, 5.41) is 5.03. The Bertz CT molecular complexity index is 947. The Morgan fingerprint density at radius 2 is 1.74 bits per heavy atom. The van der Waals surface area contributed by atoms with Gasteiger partial charge < -0.3 is 24.8 Å². The molecule has 0 unspecified atom stereocenters. The van der Waals surface area contributed by atoms with Crippen LogP contribution in [-0.2, 0) is 36.8 Å². The van der Waals surface area contributed by atoms with Crippen LogP contribution in [0.2, 0.25) is 0 Å². The van der Waals surface area contributed by atoms with Crippen LogP contribution in [0, 0.1) is 5.82 Å². The summed E-state index contributed by atoms with van der Waals surface area (Å²) in [7, 11) is 1.18. The minimum absolute atomic E-state index is 0.0390. The minimum atomic E-state index is -1.16. The lowest BCUT2D eigenvalue weighted by Gasteiger charge is -2.24. The summed E-state index contributed by atoms with van der Waals surface area (Å²) in [6, 6.07) is 9.61. The molecule has 34 heavy (non-hydrogen) atoms. The van der Waals surface area contributed by atoms with E-state index in [1.807, 2.05) is 30.3 Å². The van der Waals surface area contributed by atoms with Crippen molar-refractivity contribution in [3.05, 3.63) is 65.7 Å². The van der Waals surface area contributed by atoms with Crippen LogP contribution in [0.5, 0.6) is 0 Å². The zero-order valence-electron chi connectivity index (χ0n) is 19.7. The van der Waals surface area contributed by atoms with Gasteiger partial charge in [0.25, 0.3) is 0 Å². The number of alkyl carbamates (subject to hydrolysis) is 1. The molecule has 0 saturated heterocycles. The Hall–Kier alpha value is -3.53. The van der Waals surface area contributed by atoms with Crippen molar-refractivity contribution in [1.82, 2.24) is 15.6 Å². The number of carbonyl (C=O) groups is 3. The Labute approximate surface area is 198 Å². The molecule has 0 saturated carbocycles. The molecule has 0 bridgehead atoms. The van der Waals surface area contributed by atoms with Crippen molar-refractivity contribution in [2.24, 2.45) is 0 Å². The molecule has 1 aromatic carbocycles. The van der Waals surface area contributed by atoms with Crippen LogP contribution in [0.3, 0.4) is 0 Å². The standard InChI is InChI=1S/C24H30FN3O6/c1-24(2,3)34-23(31)28-20(15-33-14-16-8-6-5-7-9-16)21(29)27-19(22(30)32-4)12-18-11-10-17(25)13-26-18/h5-11,13,19-20H,12,14-15H2,1-4H3,(H,27,29)(H,28,31)/t19-,20-/m0/s1. The monoisotopic (exact) mass is 475 g/mol. The zero-order chi connectivity index (χ0) is 25.1. The molecule has 2 N–H and O–H groups in total. The number of ether oxygens (including phenoxy) is 3. The highest BCUT2D eigenvalue weighted by Gasteiger charge is 2.29. The van der Waals surface area contributed by atoms with Crippen molar-refractivity contribution >= 4 is 18.0 Å². The number of esters is 1. The quantitative estimate of drug-likeness (QED) is 0.507. The van der Waals surface area contributed by atoms with E-state index < -0.39 is 41.5 Å². The summed E-state index contributed by atoms with van der Waals surface area (Å²) in [5.41, 5.74) is 0.474. The van der Waals surface area contributed by atoms with E-state index in [9.17, 15) is 18.8 Å². The highest BCUT2D eigenvalue weighted by Crippen LogP contribution is 2.08. The van der Waals surface area contributed by atoms with E-state index in [4.69, 9.17) is 14.2 Å². The van der Waals surface area contributed by atoms with Crippen molar-refractivity contribution in [3.8, 4) is 0 Å². The molecule has 2 aromatic rings. The largest absolute Gasteiger partial charge is 0.467 e. The van der Waals surface area contributed by atoms with Crippen molar-refractivity contribution in [3.63, 3.8) is 0 Å². The molecule has 0 spiro atoms. The first-order valence-electron chi connectivity index (χ1n) is 10.7. The number of benzene rings is 1. The molecule has 2 amide bonds. The molecule has 2 rings (SSSR count). The highest BCUT2D eigenvalue weighted by molar-refractivity contribution is 5.89. The summed E-state index contributed by atoms with van der Waals surface area (Å²) in [6.45, 7) is 5.10. The molecule has 2 atom stereocenters. The van der Waals surface area contributed by atoms with Gasteiger partial charge in [0.05, 0.1) is 26.5 Å². The maximum Gasteiger partial charge on any atom is 0.408 e. The van der Waals surface area contributed by atoms with Gasteiger partial charge in [-0.25, -0.2) is 14.0 Å². The lowest BCUT2D eigenvalue weighted by atomic mass is 10.1. The van der Waals surface area contributed by atoms with E-state index in [2.05, 4.69) is 15.6 Å². The third kappa shape index (κ3) is 9.53. The van der Waals surface area contributed by atoms with E-state index in [0.29, 0.717) is 5.69 Å². The molecule has 0 aliphatic heterocycles. The zero-order valence-corrected chi connectivity index (χ0v) is 19.7. The topological polar surface area (TPSA) is 116 Å². The first-order chi connectivity index (χ1) is 16.1. The second kappa shape index (κ2) is 12.6. The summed E-state index contributed by atoms with van der Waals surface area (Å²) < 4.78 is 28.8. The number of hydrogen-bond donors (Lipinski definition) is 2. The van der Waals surface area contributed by atoms with Gasteiger partial charge >= 0.3 is 12.1 Å². The molecule has 0 radical (unpaired) electrons. The second-order valence-corrected chi connectivity index (χ2v) is 8.46. The number of hydrogen-bond acceptors (Lipinski definition) is 7. The van der Waals surface area contributed by atoms with Crippen LogP contribution < -0.4 is 10.6 Å². The summed E-state index contributed by atoms with van der Waals surface area (Å²) >= 11 is 0. The molecule has 1 aromatic heterocycles. The van der Waals surface area contributed by atoms with Crippen molar-refractivity contribution in [2.75, 3.05) is 13.7 Å². The lowest BCUT2D eigenvalue weighted by Crippen LogP contribution is -2.54. The van der Waals surface area contributed by atoms with Crippen LogP contribution in [0.4, 0.5) is 9.18 Å². The van der Waals surface area contributed by atoms with Gasteiger partial charge in [-0.05, 0) is 38.5 Å². The van der Waals surface area contributed by atoms with Crippen LogP contribution in [0.1, 0.15) is 32.0 Å². The number of pyridine rings is 1. The number of methoxy groups -OCH3 is 1. The molecule has 9 nitrogen and oxygen atoms in total. The molecular weight excluding hydrogens is 445 g/mol. The third-order valence-electron chi connectivity index (χ3n) is 4.41. The van der Waals surface area contributed by atoms with E-state index in [0.717, 1.165) is 11.8 Å². The van der Waals surface area contributed by atoms with Crippen LogP contribution in [0.25, 0.3) is 0 Å². The second-order valence-electron chi connectivity index (χ2n) is 8.46. The fourth-order valence-electron chi connectivity index (χ4n) is 2.85. The summed E-state index contributed by atoms with van der Waals surface area (Å²) in [4.78, 5) is 41.5. The number of carbonyl (C=O) groups excluding carboxylic acids is 3. The number of aromatic nitrogens is 1. The van der Waals surface area contributed by atoms with Gasteiger partial charge in [-0.1, -0.05) is 30.3 Å². The number of amides is 2. The van der Waals surface area contributed by atoms with Crippen LogP contribution in [-0.4, -0.2) is 54.4 Å². The average molecular weight is 476 g/mol. The SMILES string of the molecule is COC(=O)[C@H](Cc1ccc(F)cn1)NC(=O)[C@H](COCc1ccccc1)NC(=O)OC(C)(C)C. The summed E-state index contributed by atoms with van der Waals surface area (Å²) in [5.74, 6) is -1.93. The molecule has 0 fully saturated rings. The number of halogens is 1. The van der Waals surface area contributed by atoms with Gasteiger partial charge in [0.1, 0.15) is 23.5 Å². The fourth-order valence-corrected chi connectivity index (χ4v) is 2.85. The van der Waals surface area contributed by atoms with Crippen molar-refractivity contribution < 1.29 is 33.0 Å². The Morgan fingerprint density at radius 1 is 1.03 bits per heavy atom. The van der Waals surface area contributed by atoms with Gasteiger partial charge in [0.15, 0.2) is 0 Å². The van der Waals surface area contributed by atoms with E-state index >= 15 is 0 Å². The lowest BCUT2D eigenvalue weighted by molar-refractivity contribution is -0.145. The first kappa shape index (κ1) is 26.7. The van der Waals surface area contributed by atoms with Gasteiger partial charge in [0, 0.05) is 12.1 Å². The smallest absolute Gasteiger partial charge is 0.408 e. The fraction of sp³-hybridized carbons (Fsp3) is 0.417. The minimum Gasteiger partial charge on any atom is -0.467 e. The normalized spacial score (nSPS) is 12.9. The molecule has 184 valence electrons. The molecule has 1 heterocycles. The first-order valence-corrected chi connectivity index (χ1v) is 10.7. The molecule has 0 aliphatic rings. The van der Waals surface area contributed by atoms with Crippen LogP contribution >= 0.6 is 0 Å². The molecule has 0 aliphatic carbocycles. The Balaban J connectivity index is 2.10. The van der Waals surface area contributed by atoms with Gasteiger partial charge in [-0.2, -0.15) is 0 Å². The van der Waals surface area contributed by atoms with Crippen LogP contribution in [0.15, 0.2) is 48.7 Å². The van der Waals surface area contributed by atoms with Gasteiger partial charge in [-0.3, -0.25) is 9.78 Å². The predicted octanol–water partition coefficient (Wildman–Crippen LogP) is 2.53. The molecular formula is C24H30FN3O6. The van der Waals surface area contributed by atoms with E-state index in [1.165, 1.54) is 19.2 Å². The number of nitrogens with zero attached hydrogens (tertiary/aromatic N) is 1. The summed E-state index contributed by atoms with van der Waals surface area (Å²) in [6.07, 6.45) is 0.157. The van der Waals surface area contributed by atoms with Gasteiger partial charge in [-0.15, -0.1) is 0 Å². The Morgan fingerprint density at radius 3 is 2.32 bits per heavy atom. The average Bonchev–Trinajstić information content (AvgIpc) is 2.78. The van der Waals surface area contributed by atoms with Crippen molar-refractivity contribution in [2.45, 2.75) is 51.5 Å². The number of rotatable bonds is 10. The van der Waals surface area contributed by atoms with Gasteiger partial charge in [0.2, 0.25) is 5.91 Å². The van der Waals surface area contributed by atoms with E-state index in [-0.39, 0.29) is 19.6 Å². The third-order valence-corrected chi connectivity index (χ3v) is 4.41. The Kier molecular flexibility index (Phi) is 9.93. The van der Waals surface area contributed by atoms with Crippen molar-refractivity contribution in [1.29, 1.82) is 0 Å². The maximum atomic E-state index is 13.2. The number of nitrogens with one attached hydrogen (secondary N) is 2. The predicted molar refractivity (Wildman–Crippen MR) is 121 cm³/mol. The van der Waals surface area contributed by atoms with E-state index in [1.54, 1.807) is 20.8 Å².